The second kappa shape index (κ2) is 9.06. The average molecular weight is 301 g/mol. The van der Waals surface area contributed by atoms with Crippen LogP contribution in [0.4, 0.5) is 0 Å². The highest BCUT2D eigenvalue weighted by atomic mass is 16.5. The lowest BCUT2D eigenvalue weighted by Crippen LogP contribution is -2.41. The van der Waals surface area contributed by atoms with Crippen molar-refractivity contribution in [3.05, 3.63) is 0 Å². The van der Waals surface area contributed by atoms with Crippen molar-refractivity contribution in [3.8, 4) is 0 Å². The molecule has 2 unspecified atom stereocenters. The van der Waals surface area contributed by atoms with E-state index in [0.717, 1.165) is 38.5 Å². The van der Waals surface area contributed by atoms with Crippen LogP contribution in [-0.4, -0.2) is 66.4 Å². The van der Waals surface area contributed by atoms with E-state index in [1.807, 2.05) is 7.05 Å². The molecule has 5 nitrogen and oxygen atoms in total. The van der Waals surface area contributed by atoms with E-state index < -0.39 is 0 Å². The van der Waals surface area contributed by atoms with Crippen LogP contribution in [0.15, 0.2) is 0 Å². The Morgan fingerprint density at radius 3 is 2.48 bits per heavy atom. The maximum atomic E-state index is 6.03. The molecule has 0 bridgehead atoms. The summed E-state index contributed by atoms with van der Waals surface area (Å²) in [7, 11) is 3.72. The number of hydrogen-bond donors (Lipinski definition) is 1. The van der Waals surface area contributed by atoms with Gasteiger partial charge in [-0.3, -0.25) is 0 Å². The number of ether oxygens (including phenoxy) is 4. The molecule has 124 valence electrons. The predicted octanol–water partition coefficient (Wildman–Crippen LogP) is 1.46. The Morgan fingerprint density at radius 2 is 1.81 bits per heavy atom. The van der Waals surface area contributed by atoms with Crippen LogP contribution in [0, 0.1) is 11.3 Å². The molecule has 5 heteroatoms. The van der Waals surface area contributed by atoms with Gasteiger partial charge in [0.2, 0.25) is 0 Å². The third kappa shape index (κ3) is 5.18. The van der Waals surface area contributed by atoms with Crippen LogP contribution in [-0.2, 0) is 18.9 Å². The molecular weight excluding hydrogens is 270 g/mol. The van der Waals surface area contributed by atoms with E-state index >= 15 is 0 Å². The first-order valence-electron chi connectivity index (χ1n) is 8.23. The van der Waals surface area contributed by atoms with Gasteiger partial charge in [0, 0.05) is 32.3 Å². The Kier molecular flexibility index (Phi) is 7.40. The topological polar surface area (TPSA) is 49.0 Å². The van der Waals surface area contributed by atoms with E-state index in [9.17, 15) is 0 Å². The highest BCUT2D eigenvalue weighted by molar-refractivity contribution is 5.00. The molecule has 2 atom stereocenters. The van der Waals surface area contributed by atoms with Gasteiger partial charge in [0.1, 0.15) is 0 Å². The average Bonchev–Trinajstić information content (AvgIpc) is 3.24. The maximum absolute atomic E-state index is 6.03. The maximum Gasteiger partial charge on any atom is 0.0701 e. The van der Waals surface area contributed by atoms with E-state index in [1.165, 1.54) is 12.8 Å². The summed E-state index contributed by atoms with van der Waals surface area (Å²) in [5.74, 6) is 0.790. The highest BCUT2D eigenvalue weighted by Crippen LogP contribution is 2.49. The molecule has 1 aliphatic heterocycles. The minimum Gasteiger partial charge on any atom is -0.382 e. The molecule has 0 spiro atoms. The van der Waals surface area contributed by atoms with Crippen molar-refractivity contribution in [3.63, 3.8) is 0 Å². The van der Waals surface area contributed by atoms with Gasteiger partial charge in [0.15, 0.2) is 0 Å². The number of rotatable bonds is 12. The van der Waals surface area contributed by atoms with Gasteiger partial charge < -0.3 is 24.3 Å². The Hall–Kier alpha value is -0.200. The highest BCUT2D eigenvalue weighted by Gasteiger charge is 2.50. The van der Waals surface area contributed by atoms with Gasteiger partial charge in [-0.25, -0.2) is 0 Å². The van der Waals surface area contributed by atoms with Gasteiger partial charge in [-0.15, -0.1) is 0 Å². The fourth-order valence-electron chi connectivity index (χ4n) is 3.38. The Balaban J connectivity index is 1.64. The van der Waals surface area contributed by atoms with Gasteiger partial charge in [-0.2, -0.15) is 0 Å². The zero-order valence-corrected chi connectivity index (χ0v) is 13.6. The summed E-state index contributed by atoms with van der Waals surface area (Å²) in [5.41, 5.74) is 0.271. The minimum absolute atomic E-state index is 0.271. The molecular formula is C16H31NO4. The van der Waals surface area contributed by atoms with Gasteiger partial charge in [0.05, 0.1) is 32.5 Å². The largest absolute Gasteiger partial charge is 0.382 e. The SMILES string of the molecule is CNCC1(CCOCCOCCOC)CCOC1C1CC1. The van der Waals surface area contributed by atoms with Crippen LogP contribution < -0.4 is 5.32 Å². The predicted molar refractivity (Wildman–Crippen MR) is 81.6 cm³/mol. The molecule has 0 radical (unpaired) electrons. The van der Waals surface area contributed by atoms with Crippen molar-refractivity contribution in [1.82, 2.24) is 5.32 Å². The molecule has 0 aromatic rings. The van der Waals surface area contributed by atoms with Crippen molar-refractivity contribution in [2.24, 2.45) is 11.3 Å². The molecule has 1 heterocycles. The first-order valence-corrected chi connectivity index (χ1v) is 8.23. The van der Waals surface area contributed by atoms with Crippen molar-refractivity contribution < 1.29 is 18.9 Å². The molecule has 2 rings (SSSR count). The van der Waals surface area contributed by atoms with Crippen molar-refractivity contribution >= 4 is 0 Å². The minimum atomic E-state index is 0.271. The van der Waals surface area contributed by atoms with Crippen molar-refractivity contribution in [1.29, 1.82) is 0 Å². The van der Waals surface area contributed by atoms with Crippen molar-refractivity contribution in [2.45, 2.75) is 31.8 Å². The molecule has 1 N–H and O–H groups in total. The Morgan fingerprint density at radius 1 is 1.10 bits per heavy atom. The van der Waals surface area contributed by atoms with Gasteiger partial charge >= 0.3 is 0 Å². The summed E-state index contributed by atoms with van der Waals surface area (Å²) in [4.78, 5) is 0. The van der Waals surface area contributed by atoms with Crippen LogP contribution in [0.2, 0.25) is 0 Å². The fraction of sp³-hybridized carbons (Fsp3) is 1.00. The van der Waals surface area contributed by atoms with Crippen LogP contribution in [0.1, 0.15) is 25.7 Å². The lowest BCUT2D eigenvalue weighted by molar-refractivity contribution is -0.00599. The summed E-state index contributed by atoms with van der Waals surface area (Å²) in [6.45, 7) is 5.32. The quantitative estimate of drug-likeness (QED) is 0.553. The molecule has 21 heavy (non-hydrogen) atoms. The van der Waals surface area contributed by atoms with E-state index in [2.05, 4.69) is 5.32 Å². The first kappa shape index (κ1) is 17.2. The van der Waals surface area contributed by atoms with Gasteiger partial charge in [-0.1, -0.05) is 0 Å². The smallest absolute Gasteiger partial charge is 0.0701 e. The van der Waals surface area contributed by atoms with Crippen LogP contribution in [0.3, 0.4) is 0 Å². The van der Waals surface area contributed by atoms with Crippen LogP contribution in [0.25, 0.3) is 0 Å². The van der Waals surface area contributed by atoms with Gasteiger partial charge in [-0.05, 0) is 38.6 Å². The molecule has 2 fully saturated rings. The normalized spacial score (nSPS) is 29.1. The molecule has 0 aromatic carbocycles. The second-order valence-electron chi connectivity index (χ2n) is 6.24. The molecule has 0 aromatic heterocycles. The fourth-order valence-corrected chi connectivity index (χ4v) is 3.38. The van der Waals surface area contributed by atoms with Crippen LogP contribution >= 0.6 is 0 Å². The zero-order valence-electron chi connectivity index (χ0n) is 13.6. The third-order valence-corrected chi connectivity index (χ3v) is 4.63. The molecule has 1 saturated heterocycles. The van der Waals surface area contributed by atoms with E-state index in [-0.39, 0.29) is 5.41 Å². The Bertz CT molecular complexity index is 285. The van der Waals surface area contributed by atoms with E-state index in [4.69, 9.17) is 18.9 Å². The molecule has 1 saturated carbocycles. The third-order valence-electron chi connectivity index (χ3n) is 4.63. The van der Waals surface area contributed by atoms with E-state index in [1.54, 1.807) is 7.11 Å². The summed E-state index contributed by atoms with van der Waals surface area (Å²) in [6, 6.07) is 0. The lowest BCUT2D eigenvalue weighted by atomic mass is 9.76. The summed E-state index contributed by atoms with van der Waals surface area (Å²) in [5, 5.41) is 3.36. The Labute approximate surface area is 128 Å². The lowest BCUT2D eigenvalue weighted by Gasteiger charge is -2.34. The molecule has 1 aliphatic carbocycles. The zero-order chi connectivity index (χ0) is 15.0. The molecule has 0 amide bonds. The summed E-state index contributed by atoms with van der Waals surface area (Å²) < 4.78 is 22.1. The van der Waals surface area contributed by atoms with Gasteiger partial charge in [0.25, 0.3) is 0 Å². The summed E-state index contributed by atoms with van der Waals surface area (Å²) in [6.07, 6.45) is 5.34. The number of nitrogens with one attached hydrogen (secondary N) is 1. The first-order chi connectivity index (χ1) is 10.3. The second-order valence-corrected chi connectivity index (χ2v) is 6.24. The number of hydrogen-bond acceptors (Lipinski definition) is 5. The van der Waals surface area contributed by atoms with Crippen LogP contribution in [0.5, 0.6) is 0 Å². The van der Waals surface area contributed by atoms with E-state index in [0.29, 0.717) is 32.5 Å². The number of methoxy groups -OCH3 is 1. The summed E-state index contributed by atoms with van der Waals surface area (Å²) >= 11 is 0. The van der Waals surface area contributed by atoms with Crippen molar-refractivity contribution in [2.75, 3.05) is 60.3 Å². The standard InChI is InChI=1S/C16H31NO4/c1-17-13-16(6-8-21-15(16)14-3-4-14)5-7-19-11-12-20-10-9-18-2/h14-15,17H,3-13H2,1-2H3. The monoisotopic (exact) mass is 301 g/mol. The molecule has 2 aliphatic rings.